The third-order valence-corrected chi connectivity index (χ3v) is 4.73. The fourth-order valence-electron chi connectivity index (χ4n) is 2.19. The first kappa shape index (κ1) is 16.0. The van der Waals surface area contributed by atoms with Gasteiger partial charge in [-0.15, -0.1) is 0 Å². The number of rotatable bonds is 3. The van der Waals surface area contributed by atoms with Crippen LogP contribution in [0.4, 0.5) is 11.5 Å². The molecule has 0 fully saturated rings. The fourth-order valence-corrected chi connectivity index (χ4v) is 3.38. The first-order valence-electron chi connectivity index (χ1n) is 6.53. The van der Waals surface area contributed by atoms with Gasteiger partial charge in [-0.3, -0.25) is 0 Å². The summed E-state index contributed by atoms with van der Waals surface area (Å²) in [4.78, 5) is 8.45. The first-order chi connectivity index (χ1) is 10.8. The number of nitrogens with zero attached hydrogens (tertiary/aromatic N) is 2. The Kier molecular flexibility index (Phi) is 4.14. The molecule has 1 N–H and O–H groups in total. The van der Waals surface area contributed by atoms with E-state index < -0.39 is 9.84 Å². The van der Waals surface area contributed by atoms with E-state index in [1.165, 1.54) is 6.07 Å². The monoisotopic (exact) mass is 367 g/mol. The molecule has 3 rings (SSSR count). The zero-order valence-electron chi connectivity index (χ0n) is 11.9. The number of sulfone groups is 1. The van der Waals surface area contributed by atoms with Crippen molar-refractivity contribution in [1.29, 1.82) is 0 Å². The smallest absolute Gasteiger partial charge is 0.224 e. The summed E-state index contributed by atoms with van der Waals surface area (Å²) in [6.45, 7) is 0. The molecule has 0 aliphatic heterocycles. The van der Waals surface area contributed by atoms with E-state index in [0.29, 0.717) is 27.4 Å². The number of aromatic nitrogens is 2. The quantitative estimate of drug-likeness (QED) is 0.706. The maximum atomic E-state index is 11.9. The third kappa shape index (κ3) is 3.39. The lowest BCUT2D eigenvalue weighted by molar-refractivity contribution is 0.602. The summed E-state index contributed by atoms with van der Waals surface area (Å²) in [5.74, 6) is 0.388. The number of halogens is 2. The molecular formula is C15H11Cl2N3O2S. The molecule has 118 valence electrons. The highest BCUT2D eigenvalue weighted by atomic mass is 35.5. The lowest BCUT2D eigenvalue weighted by Crippen LogP contribution is -2.04. The summed E-state index contributed by atoms with van der Waals surface area (Å²) in [5.41, 5.74) is 1.01. The second kappa shape index (κ2) is 5.96. The van der Waals surface area contributed by atoms with Crippen molar-refractivity contribution in [2.24, 2.45) is 0 Å². The topological polar surface area (TPSA) is 72.0 Å². The van der Waals surface area contributed by atoms with Gasteiger partial charge in [0.2, 0.25) is 5.28 Å². The Bertz CT molecular complexity index is 1010. The highest BCUT2D eigenvalue weighted by Gasteiger charge is 2.15. The van der Waals surface area contributed by atoms with Crippen molar-refractivity contribution in [3.8, 4) is 0 Å². The molecule has 0 spiro atoms. The van der Waals surface area contributed by atoms with Crippen LogP contribution in [0.2, 0.25) is 10.3 Å². The lowest BCUT2D eigenvalue weighted by Gasteiger charge is -2.12. The largest absolute Gasteiger partial charge is 0.339 e. The van der Waals surface area contributed by atoms with Gasteiger partial charge in [0.15, 0.2) is 9.84 Å². The molecule has 2 aromatic carbocycles. The molecule has 1 aromatic heterocycles. The number of fused-ring (bicyclic) bond motifs is 1. The van der Waals surface area contributed by atoms with Gasteiger partial charge in [-0.2, -0.15) is 4.98 Å². The molecule has 8 heteroatoms. The van der Waals surface area contributed by atoms with Crippen molar-refractivity contribution >= 4 is 55.4 Å². The molecule has 0 unspecified atom stereocenters. The molecule has 0 atom stereocenters. The molecule has 3 aromatic rings. The van der Waals surface area contributed by atoms with Gasteiger partial charge in [0.25, 0.3) is 0 Å². The van der Waals surface area contributed by atoms with Gasteiger partial charge in [0.1, 0.15) is 5.82 Å². The van der Waals surface area contributed by atoms with Crippen molar-refractivity contribution in [2.45, 2.75) is 4.90 Å². The van der Waals surface area contributed by atoms with Crippen LogP contribution in [0.3, 0.4) is 0 Å². The molecule has 0 saturated carbocycles. The summed E-state index contributed by atoms with van der Waals surface area (Å²) in [7, 11) is -3.39. The van der Waals surface area contributed by atoms with Gasteiger partial charge in [-0.1, -0.05) is 23.7 Å². The molecule has 0 radical (unpaired) electrons. The van der Waals surface area contributed by atoms with E-state index in [0.717, 1.165) is 6.26 Å². The Morgan fingerprint density at radius 1 is 1.04 bits per heavy atom. The molecule has 0 amide bonds. The van der Waals surface area contributed by atoms with E-state index in [9.17, 15) is 8.42 Å². The number of hydrogen-bond donors (Lipinski definition) is 1. The molecule has 0 aliphatic carbocycles. The van der Waals surface area contributed by atoms with Crippen LogP contribution in [0.1, 0.15) is 0 Å². The van der Waals surface area contributed by atoms with Crippen LogP contribution < -0.4 is 5.32 Å². The van der Waals surface area contributed by atoms with Crippen molar-refractivity contribution in [3.63, 3.8) is 0 Å². The number of nitrogens with one attached hydrogen (secondary N) is 1. The molecule has 0 bridgehead atoms. The Morgan fingerprint density at radius 2 is 1.78 bits per heavy atom. The number of para-hydroxylation sites is 1. The van der Waals surface area contributed by atoms with E-state index in [2.05, 4.69) is 15.3 Å². The van der Waals surface area contributed by atoms with E-state index >= 15 is 0 Å². The second-order valence-corrected chi connectivity index (χ2v) is 7.65. The number of hydrogen-bond acceptors (Lipinski definition) is 5. The number of benzene rings is 2. The van der Waals surface area contributed by atoms with Crippen molar-refractivity contribution in [2.75, 3.05) is 11.6 Å². The van der Waals surface area contributed by atoms with Crippen LogP contribution in [0.15, 0.2) is 47.4 Å². The van der Waals surface area contributed by atoms with Crippen LogP contribution in [0.5, 0.6) is 0 Å². The molecule has 23 heavy (non-hydrogen) atoms. The van der Waals surface area contributed by atoms with Crippen molar-refractivity contribution in [1.82, 2.24) is 9.97 Å². The Hall–Kier alpha value is -1.89. The molecular weight excluding hydrogens is 357 g/mol. The van der Waals surface area contributed by atoms with E-state index in [-0.39, 0.29) is 10.2 Å². The maximum absolute atomic E-state index is 11.9. The Morgan fingerprint density at radius 3 is 2.52 bits per heavy atom. The normalized spacial score (nSPS) is 11.6. The minimum Gasteiger partial charge on any atom is -0.339 e. The minimum absolute atomic E-state index is 0.0548. The zero-order chi connectivity index (χ0) is 16.6. The third-order valence-electron chi connectivity index (χ3n) is 3.17. The highest BCUT2D eigenvalue weighted by Crippen LogP contribution is 2.30. The minimum atomic E-state index is -3.39. The average Bonchev–Trinajstić information content (AvgIpc) is 2.47. The Labute approximate surface area is 143 Å². The van der Waals surface area contributed by atoms with Crippen LogP contribution in [0.25, 0.3) is 10.9 Å². The predicted molar refractivity (Wildman–Crippen MR) is 92.4 cm³/mol. The highest BCUT2D eigenvalue weighted by molar-refractivity contribution is 7.90. The van der Waals surface area contributed by atoms with Gasteiger partial charge in [0.05, 0.1) is 16.1 Å². The zero-order valence-corrected chi connectivity index (χ0v) is 14.2. The SMILES string of the molecule is CS(=O)(=O)c1ccccc1Nc1nc(Cl)nc2ccc(Cl)cc12. The summed E-state index contributed by atoms with van der Waals surface area (Å²) in [5, 5.41) is 4.23. The van der Waals surface area contributed by atoms with Crippen molar-refractivity contribution in [3.05, 3.63) is 52.8 Å². The van der Waals surface area contributed by atoms with Crippen LogP contribution in [-0.4, -0.2) is 24.6 Å². The van der Waals surface area contributed by atoms with Crippen LogP contribution >= 0.6 is 23.2 Å². The van der Waals surface area contributed by atoms with E-state index in [1.807, 2.05) is 0 Å². The van der Waals surface area contributed by atoms with Gasteiger partial charge < -0.3 is 5.32 Å². The molecule has 0 saturated heterocycles. The van der Waals surface area contributed by atoms with Gasteiger partial charge in [-0.05, 0) is 41.9 Å². The average molecular weight is 368 g/mol. The number of anilines is 2. The summed E-state index contributed by atoms with van der Waals surface area (Å²) >= 11 is 12.0. The predicted octanol–water partition coefficient (Wildman–Crippen LogP) is 4.08. The summed E-state index contributed by atoms with van der Waals surface area (Å²) in [6.07, 6.45) is 1.15. The fraction of sp³-hybridized carbons (Fsp3) is 0.0667. The van der Waals surface area contributed by atoms with Gasteiger partial charge in [0, 0.05) is 16.7 Å². The van der Waals surface area contributed by atoms with E-state index in [4.69, 9.17) is 23.2 Å². The Balaban J connectivity index is 2.18. The maximum Gasteiger partial charge on any atom is 0.224 e. The van der Waals surface area contributed by atoms with Crippen LogP contribution in [-0.2, 0) is 9.84 Å². The van der Waals surface area contributed by atoms with Gasteiger partial charge in [-0.25, -0.2) is 13.4 Å². The molecule has 5 nitrogen and oxygen atoms in total. The van der Waals surface area contributed by atoms with Crippen LogP contribution in [0, 0.1) is 0 Å². The van der Waals surface area contributed by atoms with E-state index in [1.54, 1.807) is 36.4 Å². The molecule has 0 aliphatic rings. The first-order valence-corrected chi connectivity index (χ1v) is 9.18. The summed E-state index contributed by atoms with van der Waals surface area (Å²) < 4.78 is 23.8. The lowest BCUT2D eigenvalue weighted by atomic mass is 10.2. The molecule has 1 heterocycles. The van der Waals surface area contributed by atoms with Gasteiger partial charge >= 0.3 is 0 Å². The summed E-state index contributed by atoms with van der Waals surface area (Å²) in [6, 6.07) is 11.7. The second-order valence-electron chi connectivity index (χ2n) is 4.90. The van der Waals surface area contributed by atoms with Crippen molar-refractivity contribution < 1.29 is 8.42 Å². The standard InChI is InChI=1S/C15H11Cl2N3O2S/c1-23(21,22)13-5-3-2-4-12(13)18-14-10-8-9(16)6-7-11(10)19-15(17)20-14/h2-8H,1H3,(H,18,19,20).